The molecule has 1 aromatic carbocycles. The van der Waals surface area contributed by atoms with Crippen LogP contribution in [0, 0.1) is 13.8 Å². The van der Waals surface area contributed by atoms with Gasteiger partial charge in [0.25, 0.3) is 5.91 Å². The highest BCUT2D eigenvalue weighted by Crippen LogP contribution is 2.14. The van der Waals surface area contributed by atoms with Crippen LogP contribution in [-0.2, 0) is 18.3 Å². The van der Waals surface area contributed by atoms with Crippen LogP contribution < -0.4 is 5.32 Å². The van der Waals surface area contributed by atoms with Gasteiger partial charge in [0, 0.05) is 19.3 Å². The molecule has 0 fully saturated rings. The lowest BCUT2D eigenvalue weighted by molar-refractivity contribution is -0.129. The smallest absolute Gasteiger partial charge is 0.253 e. The average Bonchev–Trinajstić information content (AvgIpc) is 2.77. The molecule has 0 spiro atoms. The molecule has 1 unspecified atom stereocenters. The number of carbonyl (C=O) groups excluding carboxylic acids is 1. The normalized spacial score (nSPS) is 12.2. The fourth-order valence-electron chi connectivity index (χ4n) is 2.54. The van der Waals surface area contributed by atoms with Crippen LogP contribution in [0.5, 0.6) is 0 Å². The molecule has 0 aliphatic rings. The fourth-order valence-corrected chi connectivity index (χ4v) is 2.54. The zero-order valence-corrected chi connectivity index (χ0v) is 13.3. The number of amides is 1. The van der Waals surface area contributed by atoms with Gasteiger partial charge in [-0.3, -0.25) is 9.48 Å². The maximum absolute atomic E-state index is 11.9. The summed E-state index contributed by atoms with van der Waals surface area (Å²) < 4.78 is 1.88. The van der Waals surface area contributed by atoms with Crippen molar-refractivity contribution in [2.75, 3.05) is 6.54 Å². The van der Waals surface area contributed by atoms with Gasteiger partial charge in [0.2, 0.25) is 0 Å². The summed E-state index contributed by atoms with van der Waals surface area (Å²) in [5.74, 6) is -0.356. The Balaban J connectivity index is 1.80. The molecule has 118 valence electrons. The predicted molar refractivity (Wildman–Crippen MR) is 85.4 cm³/mol. The van der Waals surface area contributed by atoms with Crippen molar-refractivity contribution in [1.29, 1.82) is 0 Å². The van der Waals surface area contributed by atoms with E-state index in [-0.39, 0.29) is 5.91 Å². The maximum atomic E-state index is 11.9. The molecule has 5 nitrogen and oxygen atoms in total. The first kappa shape index (κ1) is 16.2. The van der Waals surface area contributed by atoms with Crippen LogP contribution in [0.2, 0.25) is 0 Å². The van der Waals surface area contributed by atoms with E-state index >= 15 is 0 Å². The summed E-state index contributed by atoms with van der Waals surface area (Å²) in [6, 6.07) is 8.95. The predicted octanol–water partition coefficient (Wildman–Crippen LogP) is 1.82. The van der Waals surface area contributed by atoms with Gasteiger partial charge < -0.3 is 10.4 Å². The minimum absolute atomic E-state index is 0.356. The maximum Gasteiger partial charge on any atom is 0.253 e. The highest BCUT2D eigenvalue weighted by molar-refractivity contribution is 5.81. The largest absolute Gasteiger partial charge is 0.378 e. The van der Waals surface area contributed by atoms with Gasteiger partial charge in [-0.1, -0.05) is 30.3 Å². The fraction of sp³-hybridized carbons (Fsp3) is 0.412. The number of hydrogen-bond acceptors (Lipinski definition) is 3. The Labute approximate surface area is 131 Å². The van der Waals surface area contributed by atoms with Gasteiger partial charge in [-0.05, 0) is 37.8 Å². The molecule has 0 saturated carbocycles. The van der Waals surface area contributed by atoms with Gasteiger partial charge in [-0.2, -0.15) is 5.10 Å². The van der Waals surface area contributed by atoms with E-state index in [1.807, 2.05) is 31.6 Å². The van der Waals surface area contributed by atoms with Crippen LogP contribution in [-0.4, -0.2) is 27.3 Å². The van der Waals surface area contributed by atoms with Crippen molar-refractivity contribution in [2.45, 2.75) is 32.8 Å². The zero-order valence-electron chi connectivity index (χ0n) is 13.3. The Morgan fingerprint density at radius 2 is 2.00 bits per heavy atom. The lowest BCUT2D eigenvalue weighted by Gasteiger charge is -2.11. The van der Waals surface area contributed by atoms with E-state index < -0.39 is 6.10 Å². The summed E-state index contributed by atoms with van der Waals surface area (Å²) in [6.07, 6.45) is 0.580. The first-order valence-corrected chi connectivity index (χ1v) is 7.50. The summed E-state index contributed by atoms with van der Waals surface area (Å²) in [5.41, 5.74) is 4.04. The molecular weight excluding hydrogens is 278 g/mol. The molecule has 1 aromatic heterocycles. The first-order chi connectivity index (χ1) is 10.5. The molecular formula is C17H23N3O2. The van der Waals surface area contributed by atoms with E-state index in [2.05, 4.69) is 10.4 Å². The summed E-state index contributed by atoms with van der Waals surface area (Å²) >= 11 is 0. The van der Waals surface area contributed by atoms with Crippen LogP contribution in [0.3, 0.4) is 0 Å². The molecule has 0 aliphatic carbocycles. The van der Waals surface area contributed by atoms with E-state index in [4.69, 9.17) is 0 Å². The number of aryl methyl sites for hydroxylation is 2. The summed E-state index contributed by atoms with van der Waals surface area (Å²) in [5, 5.41) is 17.1. The third-order valence-electron chi connectivity index (χ3n) is 3.93. The number of aliphatic hydroxyl groups is 1. The molecule has 0 saturated heterocycles. The van der Waals surface area contributed by atoms with Gasteiger partial charge in [0.1, 0.15) is 0 Å². The van der Waals surface area contributed by atoms with E-state index in [9.17, 15) is 9.90 Å². The van der Waals surface area contributed by atoms with E-state index in [1.54, 1.807) is 24.3 Å². The number of hydrogen-bond donors (Lipinski definition) is 2. The van der Waals surface area contributed by atoms with Crippen molar-refractivity contribution in [1.82, 2.24) is 15.1 Å². The van der Waals surface area contributed by atoms with Crippen LogP contribution in [0.4, 0.5) is 0 Å². The van der Waals surface area contributed by atoms with Gasteiger partial charge in [0.15, 0.2) is 6.10 Å². The summed E-state index contributed by atoms with van der Waals surface area (Å²) in [6.45, 7) is 4.59. The second-order valence-corrected chi connectivity index (χ2v) is 5.48. The molecule has 1 amide bonds. The Morgan fingerprint density at radius 1 is 1.32 bits per heavy atom. The summed E-state index contributed by atoms with van der Waals surface area (Å²) in [4.78, 5) is 11.9. The minimum Gasteiger partial charge on any atom is -0.378 e. The molecule has 1 heterocycles. The minimum atomic E-state index is -1.11. The molecule has 0 radical (unpaired) electrons. The number of aromatic nitrogens is 2. The van der Waals surface area contributed by atoms with Gasteiger partial charge >= 0.3 is 0 Å². The molecule has 2 rings (SSSR count). The third-order valence-corrected chi connectivity index (χ3v) is 3.93. The number of benzene rings is 1. The van der Waals surface area contributed by atoms with E-state index in [0.29, 0.717) is 12.1 Å². The second kappa shape index (κ2) is 7.22. The van der Waals surface area contributed by atoms with Crippen molar-refractivity contribution < 1.29 is 9.90 Å². The lowest BCUT2D eigenvalue weighted by atomic mass is 10.1. The second-order valence-electron chi connectivity index (χ2n) is 5.48. The van der Waals surface area contributed by atoms with Crippen LogP contribution in [0.25, 0.3) is 0 Å². The Hall–Kier alpha value is -2.14. The molecule has 0 bridgehead atoms. The third kappa shape index (κ3) is 3.74. The number of nitrogens with zero attached hydrogens (tertiary/aromatic N) is 2. The van der Waals surface area contributed by atoms with Crippen molar-refractivity contribution in [3.05, 3.63) is 52.8 Å². The summed E-state index contributed by atoms with van der Waals surface area (Å²) in [7, 11) is 1.93. The molecule has 5 heteroatoms. The monoisotopic (exact) mass is 301 g/mol. The standard InChI is InChI=1S/C17H23N3O2/c1-12-15(13(2)20(3)19-12)10-7-11-18-17(22)16(21)14-8-5-4-6-9-14/h4-6,8-9,16,21H,7,10-11H2,1-3H3,(H,18,22). The van der Waals surface area contributed by atoms with E-state index in [1.165, 1.54) is 5.56 Å². The van der Waals surface area contributed by atoms with Crippen molar-refractivity contribution >= 4 is 5.91 Å². The highest BCUT2D eigenvalue weighted by Gasteiger charge is 2.16. The molecule has 2 N–H and O–H groups in total. The molecule has 1 atom stereocenters. The first-order valence-electron chi connectivity index (χ1n) is 7.50. The number of rotatable bonds is 6. The molecule has 22 heavy (non-hydrogen) atoms. The van der Waals surface area contributed by atoms with Crippen molar-refractivity contribution in [3.8, 4) is 0 Å². The topological polar surface area (TPSA) is 67.2 Å². The van der Waals surface area contributed by atoms with Crippen molar-refractivity contribution in [2.24, 2.45) is 7.05 Å². The SMILES string of the molecule is Cc1nn(C)c(C)c1CCCNC(=O)C(O)c1ccccc1. The molecule has 2 aromatic rings. The van der Waals surface area contributed by atoms with Crippen LogP contribution >= 0.6 is 0 Å². The average molecular weight is 301 g/mol. The highest BCUT2D eigenvalue weighted by atomic mass is 16.3. The van der Waals surface area contributed by atoms with Gasteiger partial charge in [-0.15, -0.1) is 0 Å². The lowest BCUT2D eigenvalue weighted by Crippen LogP contribution is -2.30. The van der Waals surface area contributed by atoms with Crippen LogP contribution in [0.15, 0.2) is 30.3 Å². The number of aliphatic hydroxyl groups excluding tert-OH is 1. The van der Waals surface area contributed by atoms with E-state index in [0.717, 1.165) is 24.2 Å². The quantitative estimate of drug-likeness (QED) is 0.800. The van der Waals surface area contributed by atoms with Gasteiger partial charge in [0.05, 0.1) is 5.69 Å². The van der Waals surface area contributed by atoms with Crippen LogP contribution in [0.1, 0.15) is 35.0 Å². The number of carbonyl (C=O) groups is 1. The van der Waals surface area contributed by atoms with Crippen molar-refractivity contribution in [3.63, 3.8) is 0 Å². The Morgan fingerprint density at radius 3 is 2.59 bits per heavy atom. The Kier molecular flexibility index (Phi) is 5.33. The molecule has 0 aliphatic heterocycles. The number of nitrogens with one attached hydrogen (secondary N) is 1. The zero-order chi connectivity index (χ0) is 16.1. The van der Waals surface area contributed by atoms with Gasteiger partial charge in [-0.25, -0.2) is 0 Å². The Bertz CT molecular complexity index is 635.